The van der Waals surface area contributed by atoms with Gasteiger partial charge < -0.3 is 15.7 Å². The fourth-order valence-corrected chi connectivity index (χ4v) is 1.43. The van der Waals surface area contributed by atoms with Crippen molar-refractivity contribution >= 4 is 11.9 Å². The van der Waals surface area contributed by atoms with Gasteiger partial charge in [-0.25, -0.2) is 0 Å². The van der Waals surface area contributed by atoms with Gasteiger partial charge in [-0.3, -0.25) is 9.59 Å². The summed E-state index contributed by atoms with van der Waals surface area (Å²) in [6, 6.07) is -1.12. The predicted octanol–water partition coefficient (Wildman–Crippen LogP) is 0.835. The smallest absolute Gasteiger partial charge is 0.406 e. The van der Waals surface area contributed by atoms with E-state index in [1.807, 2.05) is 0 Å². The maximum absolute atomic E-state index is 12.2. The third-order valence-corrected chi connectivity index (χ3v) is 2.05. The van der Waals surface area contributed by atoms with Crippen molar-refractivity contribution in [2.24, 2.45) is 11.7 Å². The number of hydrogen-bond acceptors (Lipinski definition) is 3. The Kier molecular flexibility index (Phi) is 6.10. The number of nitrogens with two attached hydrogens (primary N) is 1. The molecule has 0 aromatic rings. The molecule has 0 rings (SSSR count). The quantitative estimate of drug-likeness (QED) is 0.749. The second-order valence-electron chi connectivity index (χ2n) is 4.44. The monoisotopic (exact) mass is 270 g/mol. The summed E-state index contributed by atoms with van der Waals surface area (Å²) in [5.41, 5.74) is 5.46. The van der Waals surface area contributed by atoms with Crippen LogP contribution in [-0.2, 0) is 9.59 Å². The third-order valence-electron chi connectivity index (χ3n) is 2.05. The zero-order chi connectivity index (χ0) is 14.5. The average molecular weight is 270 g/mol. The summed E-state index contributed by atoms with van der Waals surface area (Å²) in [5.74, 6) is -2.48. The van der Waals surface area contributed by atoms with Gasteiger partial charge in [0.25, 0.3) is 0 Å². The molecule has 18 heavy (non-hydrogen) atoms. The maximum Gasteiger partial charge on any atom is 0.406 e. The molecular formula is C10H17F3N2O3. The van der Waals surface area contributed by atoms with E-state index in [0.717, 1.165) is 0 Å². The molecule has 5 nitrogen and oxygen atoms in total. The molecule has 0 aromatic heterocycles. The summed E-state index contributed by atoms with van der Waals surface area (Å²) in [7, 11) is 0. The van der Waals surface area contributed by atoms with Crippen LogP contribution >= 0.6 is 0 Å². The number of aliphatic carboxylic acids is 1. The number of carboxylic acid groups (broad SMARTS) is 1. The van der Waals surface area contributed by atoms with E-state index in [9.17, 15) is 22.8 Å². The van der Waals surface area contributed by atoms with Gasteiger partial charge in [0.2, 0.25) is 5.91 Å². The van der Waals surface area contributed by atoms with Crippen molar-refractivity contribution in [3.8, 4) is 0 Å². The zero-order valence-corrected chi connectivity index (χ0v) is 10.2. The lowest BCUT2D eigenvalue weighted by Gasteiger charge is -2.25. The fraction of sp³-hybridized carbons (Fsp3) is 0.800. The van der Waals surface area contributed by atoms with Crippen LogP contribution in [0.1, 0.15) is 20.3 Å². The number of alkyl halides is 3. The predicted molar refractivity (Wildman–Crippen MR) is 57.7 cm³/mol. The number of halogens is 3. The van der Waals surface area contributed by atoms with Gasteiger partial charge in [0, 0.05) is 0 Å². The average Bonchev–Trinajstić information content (AvgIpc) is 2.11. The van der Waals surface area contributed by atoms with Gasteiger partial charge in [-0.1, -0.05) is 13.8 Å². The molecule has 8 heteroatoms. The van der Waals surface area contributed by atoms with Crippen LogP contribution in [0.5, 0.6) is 0 Å². The molecule has 0 radical (unpaired) electrons. The van der Waals surface area contributed by atoms with E-state index in [1.165, 1.54) is 0 Å². The van der Waals surface area contributed by atoms with E-state index in [2.05, 4.69) is 0 Å². The van der Waals surface area contributed by atoms with E-state index in [0.29, 0.717) is 0 Å². The molecule has 0 aliphatic rings. The van der Waals surface area contributed by atoms with Crippen LogP contribution in [0.25, 0.3) is 0 Å². The molecular weight excluding hydrogens is 253 g/mol. The molecule has 0 fully saturated rings. The largest absolute Gasteiger partial charge is 0.480 e. The molecule has 106 valence electrons. The Hall–Kier alpha value is -1.31. The Morgan fingerprint density at radius 1 is 1.33 bits per heavy atom. The van der Waals surface area contributed by atoms with Crippen molar-refractivity contribution in [3.63, 3.8) is 0 Å². The lowest BCUT2D eigenvalue weighted by atomic mass is 10.0. The van der Waals surface area contributed by atoms with Gasteiger partial charge in [-0.2, -0.15) is 13.2 Å². The number of rotatable bonds is 6. The molecule has 0 spiro atoms. The Morgan fingerprint density at radius 2 is 1.83 bits per heavy atom. The van der Waals surface area contributed by atoms with Crippen LogP contribution in [-0.4, -0.2) is 47.2 Å². The first kappa shape index (κ1) is 16.7. The van der Waals surface area contributed by atoms with Crippen LogP contribution in [0, 0.1) is 5.92 Å². The van der Waals surface area contributed by atoms with E-state index >= 15 is 0 Å². The molecule has 0 aliphatic heterocycles. The van der Waals surface area contributed by atoms with E-state index < -0.39 is 37.2 Å². The van der Waals surface area contributed by atoms with Crippen LogP contribution in [0.2, 0.25) is 0 Å². The molecule has 0 bridgehead atoms. The standard InChI is InChI=1S/C10H17F3N2O3/c1-6(2)3-7(14)9(18)15(4-8(16)17)5-10(11,12)13/h6-7H,3-5,14H2,1-2H3,(H,16,17). The Balaban J connectivity index is 4.73. The Morgan fingerprint density at radius 3 is 2.17 bits per heavy atom. The summed E-state index contributed by atoms with van der Waals surface area (Å²) in [6.07, 6.45) is -4.45. The van der Waals surface area contributed by atoms with Crippen molar-refractivity contribution in [2.45, 2.75) is 32.5 Å². The van der Waals surface area contributed by atoms with Crippen molar-refractivity contribution in [1.29, 1.82) is 0 Å². The minimum atomic E-state index is -4.65. The number of nitrogens with zero attached hydrogens (tertiary/aromatic N) is 1. The minimum Gasteiger partial charge on any atom is -0.480 e. The third kappa shape index (κ3) is 7.10. The first-order valence-corrected chi connectivity index (χ1v) is 5.36. The van der Waals surface area contributed by atoms with Gasteiger partial charge in [0.15, 0.2) is 0 Å². The molecule has 0 heterocycles. The number of carbonyl (C=O) groups excluding carboxylic acids is 1. The second-order valence-corrected chi connectivity index (χ2v) is 4.44. The van der Waals surface area contributed by atoms with Crippen LogP contribution < -0.4 is 5.73 Å². The molecule has 3 N–H and O–H groups in total. The second kappa shape index (κ2) is 6.58. The van der Waals surface area contributed by atoms with Gasteiger partial charge in [-0.15, -0.1) is 0 Å². The van der Waals surface area contributed by atoms with Crippen LogP contribution in [0.4, 0.5) is 13.2 Å². The van der Waals surface area contributed by atoms with Crippen molar-refractivity contribution in [1.82, 2.24) is 4.90 Å². The van der Waals surface area contributed by atoms with Crippen molar-refractivity contribution < 1.29 is 27.9 Å². The van der Waals surface area contributed by atoms with Crippen LogP contribution in [0.15, 0.2) is 0 Å². The summed E-state index contributed by atoms with van der Waals surface area (Å²) in [4.78, 5) is 22.3. The number of hydrogen-bond donors (Lipinski definition) is 2. The summed E-state index contributed by atoms with van der Waals surface area (Å²) in [5, 5.41) is 8.49. The number of carboxylic acids is 1. The number of amides is 1. The van der Waals surface area contributed by atoms with Gasteiger partial charge in [0.1, 0.15) is 13.1 Å². The maximum atomic E-state index is 12.2. The van der Waals surface area contributed by atoms with E-state index in [4.69, 9.17) is 10.8 Å². The van der Waals surface area contributed by atoms with Gasteiger partial charge >= 0.3 is 12.1 Å². The van der Waals surface area contributed by atoms with Crippen molar-refractivity contribution in [3.05, 3.63) is 0 Å². The lowest BCUT2D eigenvalue weighted by molar-refractivity contribution is -0.166. The molecule has 0 aromatic carbocycles. The molecule has 1 atom stereocenters. The summed E-state index contributed by atoms with van der Waals surface area (Å²) >= 11 is 0. The topological polar surface area (TPSA) is 83.6 Å². The minimum absolute atomic E-state index is 0.0292. The van der Waals surface area contributed by atoms with Crippen LogP contribution in [0.3, 0.4) is 0 Å². The summed E-state index contributed by atoms with van der Waals surface area (Å²) in [6.45, 7) is 0.908. The highest BCUT2D eigenvalue weighted by Gasteiger charge is 2.35. The first-order chi connectivity index (χ1) is 8.03. The lowest BCUT2D eigenvalue weighted by Crippen LogP contribution is -2.49. The molecule has 1 amide bonds. The molecule has 0 saturated carbocycles. The molecule has 0 aliphatic carbocycles. The molecule has 1 unspecified atom stereocenters. The highest BCUT2D eigenvalue weighted by Crippen LogP contribution is 2.17. The highest BCUT2D eigenvalue weighted by molar-refractivity contribution is 5.85. The summed E-state index contributed by atoms with van der Waals surface area (Å²) < 4.78 is 36.6. The molecule has 0 saturated heterocycles. The zero-order valence-electron chi connectivity index (χ0n) is 10.2. The normalized spacial score (nSPS) is 13.5. The fourth-order valence-electron chi connectivity index (χ4n) is 1.43. The SMILES string of the molecule is CC(C)CC(N)C(=O)N(CC(=O)O)CC(F)(F)F. The van der Waals surface area contributed by atoms with E-state index in [-0.39, 0.29) is 17.2 Å². The van der Waals surface area contributed by atoms with Gasteiger partial charge in [0.05, 0.1) is 6.04 Å². The highest BCUT2D eigenvalue weighted by atomic mass is 19.4. The van der Waals surface area contributed by atoms with Crippen molar-refractivity contribution in [2.75, 3.05) is 13.1 Å². The first-order valence-electron chi connectivity index (χ1n) is 5.36. The number of carbonyl (C=O) groups is 2. The Bertz CT molecular complexity index is 305. The Labute approximate surface area is 103 Å². The van der Waals surface area contributed by atoms with Gasteiger partial charge in [-0.05, 0) is 12.3 Å². The van der Waals surface area contributed by atoms with E-state index in [1.54, 1.807) is 13.8 Å².